The highest BCUT2D eigenvalue weighted by Crippen LogP contribution is 2.27. The second kappa shape index (κ2) is 8.60. The van der Waals surface area contributed by atoms with Crippen LogP contribution in [0.25, 0.3) is 0 Å². The molecule has 23 heavy (non-hydrogen) atoms. The number of benzene rings is 1. The molecule has 0 radical (unpaired) electrons. The van der Waals surface area contributed by atoms with E-state index in [1.807, 2.05) is 65.0 Å². The molecule has 0 aliphatic heterocycles. The van der Waals surface area contributed by atoms with Crippen LogP contribution in [0.2, 0.25) is 0 Å². The summed E-state index contributed by atoms with van der Waals surface area (Å²) in [7, 11) is 0. The zero-order valence-corrected chi connectivity index (χ0v) is 15.5. The van der Waals surface area contributed by atoms with Crippen molar-refractivity contribution in [3.05, 3.63) is 35.9 Å². The van der Waals surface area contributed by atoms with E-state index in [4.69, 9.17) is 4.74 Å². The number of hydrogen-bond acceptors (Lipinski definition) is 4. The molecule has 2 N–H and O–H groups in total. The molecule has 0 saturated heterocycles. The predicted octanol–water partition coefficient (Wildman–Crippen LogP) is 3.96. The molecule has 0 fully saturated rings. The van der Waals surface area contributed by atoms with Gasteiger partial charge in [-0.1, -0.05) is 44.2 Å². The molecule has 0 aromatic heterocycles. The van der Waals surface area contributed by atoms with E-state index in [0.29, 0.717) is 12.3 Å². The van der Waals surface area contributed by atoms with Crippen LogP contribution < -0.4 is 5.32 Å². The van der Waals surface area contributed by atoms with E-state index in [0.717, 1.165) is 5.56 Å². The Morgan fingerprint density at radius 2 is 1.83 bits per heavy atom. The normalized spacial score (nSPS) is 15.8. The maximum absolute atomic E-state index is 12.0. The van der Waals surface area contributed by atoms with Gasteiger partial charge in [0.05, 0.1) is 17.4 Å². The van der Waals surface area contributed by atoms with E-state index in [1.165, 1.54) is 0 Å². The Morgan fingerprint density at radius 3 is 2.30 bits per heavy atom. The van der Waals surface area contributed by atoms with Crippen LogP contribution in [-0.2, 0) is 4.74 Å². The first-order chi connectivity index (χ1) is 10.6. The molecule has 5 heteroatoms. The molecular formula is C18H29NO3S. The minimum absolute atomic E-state index is 0.320. The van der Waals surface area contributed by atoms with Gasteiger partial charge in [0.25, 0.3) is 0 Å². The second-order valence-corrected chi connectivity index (χ2v) is 7.78. The number of aliphatic hydroxyl groups is 1. The molecule has 0 saturated carbocycles. The molecule has 1 aromatic carbocycles. The smallest absolute Gasteiger partial charge is 0.407 e. The van der Waals surface area contributed by atoms with Gasteiger partial charge in [-0.25, -0.2) is 4.79 Å². The van der Waals surface area contributed by atoms with Gasteiger partial charge in [0.15, 0.2) is 0 Å². The summed E-state index contributed by atoms with van der Waals surface area (Å²) in [5.41, 5.74) is 0.347. The number of carbonyl (C=O) groups is 1. The number of aliphatic hydroxyl groups excluding tert-OH is 1. The van der Waals surface area contributed by atoms with E-state index in [-0.39, 0.29) is 5.25 Å². The molecule has 3 unspecified atom stereocenters. The topological polar surface area (TPSA) is 58.6 Å². The molecule has 1 rings (SSSR count). The van der Waals surface area contributed by atoms with Crippen LogP contribution in [-0.4, -0.2) is 28.9 Å². The van der Waals surface area contributed by atoms with Crippen molar-refractivity contribution in [2.45, 2.75) is 64.0 Å². The van der Waals surface area contributed by atoms with Crippen LogP contribution >= 0.6 is 12.6 Å². The van der Waals surface area contributed by atoms with Crippen molar-refractivity contribution in [3.8, 4) is 0 Å². The Hall–Kier alpha value is -1.20. The number of alkyl carbamates (subject to hydrolysis) is 1. The largest absolute Gasteiger partial charge is 0.444 e. The van der Waals surface area contributed by atoms with Crippen molar-refractivity contribution in [1.29, 1.82) is 0 Å². The van der Waals surface area contributed by atoms with Gasteiger partial charge in [-0.2, -0.15) is 12.6 Å². The molecule has 1 aromatic rings. The summed E-state index contributed by atoms with van der Waals surface area (Å²) < 4.78 is 5.30. The van der Waals surface area contributed by atoms with Crippen LogP contribution in [0.4, 0.5) is 4.79 Å². The number of nitrogens with one attached hydrogen (secondary N) is 1. The van der Waals surface area contributed by atoms with Gasteiger partial charge in [0.2, 0.25) is 0 Å². The van der Waals surface area contributed by atoms with Crippen LogP contribution in [0.15, 0.2) is 30.3 Å². The lowest BCUT2D eigenvalue weighted by molar-refractivity contribution is 0.0401. The lowest BCUT2D eigenvalue weighted by Crippen LogP contribution is -2.47. The van der Waals surface area contributed by atoms with E-state index in [9.17, 15) is 9.90 Å². The first-order valence-corrected chi connectivity index (χ1v) is 8.52. The fourth-order valence-electron chi connectivity index (χ4n) is 2.32. The second-order valence-electron chi connectivity index (χ2n) is 7.23. The molecule has 3 atom stereocenters. The molecular weight excluding hydrogens is 310 g/mol. The molecule has 1 amide bonds. The highest BCUT2D eigenvalue weighted by atomic mass is 32.1. The van der Waals surface area contributed by atoms with E-state index < -0.39 is 23.8 Å². The third kappa shape index (κ3) is 7.27. The average Bonchev–Trinajstić information content (AvgIpc) is 2.43. The maximum Gasteiger partial charge on any atom is 0.407 e. The summed E-state index contributed by atoms with van der Waals surface area (Å²) in [4.78, 5) is 12.0. The Balaban J connectivity index is 2.82. The summed E-state index contributed by atoms with van der Waals surface area (Å²) in [6.45, 7) is 9.53. The zero-order valence-electron chi connectivity index (χ0n) is 14.6. The Labute approximate surface area is 145 Å². The summed E-state index contributed by atoms with van der Waals surface area (Å²) in [5, 5.41) is 13.1. The van der Waals surface area contributed by atoms with Crippen molar-refractivity contribution in [3.63, 3.8) is 0 Å². The minimum Gasteiger partial charge on any atom is -0.444 e. The minimum atomic E-state index is -0.810. The molecule has 130 valence electrons. The number of hydrogen-bond donors (Lipinski definition) is 3. The third-order valence-electron chi connectivity index (χ3n) is 3.30. The first-order valence-electron chi connectivity index (χ1n) is 8.00. The standard InChI is InChI=1S/C18H29NO3S/c1-12(2)11-14(19-17(21)22-18(3,4)5)15(20)16(23)13-9-7-6-8-10-13/h6-10,12,14-16,20,23H,11H2,1-5H3,(H,19,21). The van der Waals surface area contributed by atoms with Gasteiger partial charge in [-0.3, -0.25) is 0 Å². The third-order valence-corrected chi connectivity index (χ3v) is 3.91. The Bertz CT molecular complexity index is 485. The molecule has 0 bridgehead atoms. The summed E-state index contributed by atoms with van der Waals surface area (Å²) in [5.74, 6) is 0.320. The number of ether oxygens (including phenoxy) is 1. The lowest BCUT2D eigenvalue weighted by Gasteiger charge is -2.30. The highest BCUT2D eigenvalue weighted by Gasteiger charge is 2.30. The van der Waals surface area contributed by atoms with Crippen molar-refractivity contribution < 1.29 is 14.6 Å². The molecule has 0 aliphatic carbocycles. The lowest BCUT2D eigenvalue weighted by atomic mass is 9.94. The molecule has 0 aliphatic rings. The van der Waals surface area contributed by atoms with E-state index >= 15 is 0 Å². The van der Waals surface area contributed by atoms with Crippen LogP contribution in [0.3, 0.4) is 0 Å². The fourth-order valence-corrected chi connectivity index (χ4v) is 2.70. The maximum atomic E-state index is 12.0. The van der Waals surface area contributed by atoms with E-state index in [2.05, 4.69) is 17.9 Å². The van der Waals surface area contributed by atoms with E-state index in [1.54, 1.807) is 0 Å². The van der Waals surface area contributed by atoms with Crippen LogP contribution in [0.5, 0.6) is 0 Å². The Morgan fingerprint density at radius 1 is 1.26 bits per heavy atom. The quantitative estimate of drug-likeness (QED) is 0.688. The number of carbonyl (C=O) groups excluding carboxylic acids is 1. The summed E-state index contributed by atoms with van der Waals surface area (Å²) in [6.07, 6.45) is -0.684. The van der Waals surface area contributed by atoms with Gasteiger partial charge < -0.3 is 15.2 Å². The molecule has 0 spiro atoms. The van der Waals surface area contributed by atoms with Gasteiger partial charge in [0, 0.05) is 0 Å². The number of thiol groups is 1. The molecule has 4 nitrogen and oxygen atoms in total. The summed E-state index contributed by atoms with van der Waals surface area (Å²) >= 11 is 4.54. The average molecular weight is 340 g/mol. The van der Waals surface area contributed by atoms with Crippen LogP contribution in [0, 0.1) is 5.92 Å². The fraction of sp³-hybridized carbons (Fsp3) is 0.611. The van der Waals surface area contributed by atoms with Crippen LogP contribution in [0.1, 0.15) is 51.9 Å². The van der Waals surface area contributed by atoms with Gasteiger partial charge in [-0.15, -0.1) is 0 Å². The van der Waals surface area contributed by atoms with Gasteiger partial charge in [-0.05, 0) is 38.7 Å². The highest BCUT2D eigenvalue weighted by molar-refractivity contribution is 7.80. The van der Waals surface area contributed by atoms with Crippen molar-refractivity contribution >= 4 is 18.7 Å². The van der Waals surface area contributed by atoms with Crippen molar-refractivity contribution in [2.24, 2.45) is 5.92 Å². The molecule has 0 heterocycles. The van der Waals surface area contributed by atoms with Gasteiger partial charge >= 0.3 is 6.09 Å². The van der Waals surface area contributed by atoms with Crippen molar-refractivity contribution in [2.75, 3.05) is 0 Å². The predicted molar refractivity (Wildman–Crippen MR) is 96.8 cm³/mol. The SMILES string of the molecule is CC(C)CC(NC(=O)OC(C)(C)C)C(O)C(S)c1ccccc1. The van der Waals surface area contributed by atoms with Crippen molar-refractivity contribution in [1.82, 2.24) is 5.32 Å². The summed E-state index contributed by atoms with van der Waals surface area (Å²) in [6, 6.07) is 9.14. The monoisotopic (exact) mass is 339 g/mol. The number of amides is 1. The zero-order chi connectivity index (χ0) is 17.6. The first kappa shape index (κ1) is 19.8. The number of rotatable bonds is 6. The van der Waals surface area contributed by atoms with Gasteiger partial charge in [0.1, 0.15) is 5.60 Å². The Kier molecular flexibility index (Phi) is 7.42.